The molecule has 1 aliphatic rings. The van der Waals surface area contributed by atoms with Gasteiger partial charge in [-0.1, -0.05) is 23.9 Å². The van der Waals surface area contributed by atoms with Gasteiger partial charge in [-0.15, -0.1) is 0 Å². The Balaban J connectivity index is 1.78. The second kappa shape index (κ2) is 6.20. The fourth-order valence-electron chi connectivity index (χ4n) is 2.04. The largest absolute Gasteiger partial charge is 0.490 e. The van der Waals surface area contributed by atoms with E-state index < -0.39 is 0 Å². The highest BCUT2D eigenvalue weighted by molar-refractivity contribution is 7.99. The number of ether oxygens (including phenoxy) is 2. The SMILES string of the molecule is NCc1ccc(Sc2ccc3c(c2)OCCCO3)cc1. The Labute approximate surface area is 123 Å². The van der Waals surface area contributed by atoms with Gasteiger partial charge < -0.3 is 15.2 Å². The van der Waals surface area contributed by atoms with Crippen LogP contribution in [0.5, 0.6) is 11.5 Å². The molecule has 0 amide bonds. The summed E-state index contributed by atoms with van der Waals surface area (Å²) >= 11 is 1.71. The molecule has 3 rings (SSSR count). The van der Waals surface area contributed by atoms with E-state index in [0.717, 1.165) is 35.0 Å². The molecule has 0 unspecified atom stereocenters. The van der Waals surface area contributed by atoms with Crippen LogP contribution >= 0.6 is 11.8 Å². The van der Waals surface area contributed by atoms with E-state index in [1.54, 1.807) is 11.8 Å². The molecule has 0 spiro atoms. The third-order valence-electron chi connectivity index (χ3n) is 3.11. The van der Waals surface area contributed by atoms with E-state index in [4.69, 9.17) is 15.2 Å². The predicted octanol–water partition coefficient (Wildman–Crippen LogP) is 3.46. The van der Waals surface area contributed by atoms with Gasteiger partial charge >= 0.3 is 0 Å². The van der Waals surface area contributed by atoms with Crippen LogP contribution in [0.25, 0.3) is 0 Å². The van der Waals surface area contributed by atoms with Gasteiger partial charge in [0.15, 0.2) is 11.5 Å². The summed E-state index contributed by atoms with van der Waals surface area (Å²) in [6.07, 6.45) is 0.928. The molecule has 0 fully saturated rings. The molecule has 0 saturated carbocycles. The van der Waals surface area contributed by atoms with E-state index in [9.17, 15) is 0 Å². The van der Waals surface area contributed by atoms with Gasteiger partial charge in [-0.2, -0.15) is 0 Å². The normalized spacial score (nSPS) is 13.8. The van der Waals surface area contributed by atoms with Gasteiger partial charge in [-0.25, -0.2) is 0 Å². The number of fused-ring (bicyclic) bond motifs is 1. The molecule has 0 aromatic heterocycles. The highest BCUT2D eigenvalue weighted by Gasteiger charge is 2.11. The van der Waals surface area contributed by atoms with Crippen molar-refractivity contribution in [2.45, 2.75) is 22.8 Å². The third kappa shape index (κ3) is 3.08. The zero-order valence-corrected chi connectivity index (χ0v) is 12.0. The first-order valence-electron chi connectivity index (χ1n) is 6.72. The second-order valence-corrected chi connectivity index (χ2v) is 5.76. The highest BCUT2D eigenvalue weighted by Crippen LogP contribution is 2.36. The number of nitrogens with two attached hydrogens (primary N) is 1. The molecule has 0 saturated heterocycles. The first-order valence-corrected chi connectivity index (χ1v) is 7.53. The van der Waals surface area contributed by atoms with Crippen molar-refractivity contribution in [3.63, 3.8) is 0 Å². The zero-order chi connectivity index (χ0) is 13.8. The van der Waals surface area contributed by atoms with E-state index in [1.807, 2.05) is 12.1 Å². The zero-order valence-electron chi connectivity index (χ0n) is 11.2. The van der Waals surface area contributed by atoms with Crippen LogP contribution in [-0.4, -0.2) is 13.2 Å². The van der Waals surface area contributed by atoms with Crippen LogP contribution in [0.3, 0.4) is 0 Å². The smallest absolute Gasteiger partial charge is 0.162 e. The Kier molecular flexibility index (Phi) is 4.14. The van der Waals surface area contributed by atoms with Crippen LogP contribution in [0.1, 0.15) is 12.0 Å². The standard InChI is InChI=1S/C16H17NO2S/c17-11-12-2-4-13(5-3-12)20-14-6-7-15-16(10-14)19-9-1-8-18-15/h2-7,10H,1,8-9,11,17H2. The maximum absolute atomic E-state index is 5.71. The van der Waals surface area contributed by atoms with E-state index in [2.05, 4.69) is 30.3 Å². The van der Waals surface area contributed by atoms with E-state index in [-0.39, 0.29) is 0 Å². The topological polar surface area (TPSA) is 44.5 Å². The molecule has 2 N–H and O–H groups in total. The van der Waals surface area contributed by atoms with Crippen LogP contribution in [-0.2, 0) is 6.54 Å². The summed E-state index contributed by atoms with van der Waals surface area (Å²) in [4.78, 5) is 2.34. The van der Waals surface area contributed by atoms with Crippen molar-refractivity contribution in [2.24, 2.45) is 5.73 Å². The molecule has 2 aromatic carbocycles. The number of hydrogen-bond donors (Lipinski definition) is 1. The summed E-state index contributed by atoms with van der Waals surface area (Å²) in [6, 6.07) is 14.4. The predicted molar refractivity (Wildman–Crippen MR) is 80.5 cm³/mol. The Hall–Kier alpha value is -1.65. The lowest BCUT2D eigenvalue weighted by atomic mass is 10.2. The summed E-state index contributed by atoms with van der Waals surface area (Å²) in [5.74, 6) is 1.68. The summed E-state index contributed by atoms with van der Waals surface area (Å²) in [7, 11) is 0. The van der Waals surface area contributed by atoms with Crippen molar-refractivity contribution in [3.05, 3.63) is 48.0 Å². The molecule has 20 heavy (non-hydrogen) atoms. The van der Waals surface area contributed by atoms with Crippen molar-refractivity contribution in [3.8, 4) is 11.5 Å². The van der Waals surface area contributed by atoms with Crippen molar-refractivity contribution in [2.75, 3.05) is 13.2 Å². The minimum atomic E-state index is 0.578. The molecule has 2 aromatic rings. The minimum Gasteiger partial charge on any atom is -0.490 e. The van der Waals surface area contributed by atoms with Crippen LogP contribution in [0.4, 0.5) is 0 Å². The average molecular weight is 287 g/mol. The number of rotatable bonds is 3. The molecule has 0 atom stereocenters. The van der Waals surface area contributed by atoms with E-state index in [0.29, 0.717) is 13.2 Å². The van der Waals surface area contributed by atoms with Gasteiger partial charge in [-0.3, -0.25) is 0 Å². The monoisotopic (exact) mass is 287 g/mol. The Morgan fingerprint density at radius 1 is 0.900 bits per heavy atom. The molecule has 3 nitrogen and oxygen atoms in total. The molecule has 0 bridgehead atoms. The van der Waals surface area contributed by atoms with Gasteiger partial charge in [-0.05, 0) is 35.9 Å². The molecule has 4 heteroatoms. The maximum atomic E-state index is 5.71. The summed E-state index contributed by atoms with van der Waals surface area (Å²) in [5, 5.41) is 0. The van der Waals surface area contributed by atoms with E-state index >= 15 is 0 Å². The number of hydrogen-bond acceptors (Lipinski definition) is 4. The first-order chi connectivity index (χ1) is 9.85. The van der Waals surface area contributed by atoms with Crippen molar-refractivity contribution in [1.29, 1.82) is 0 Å². The van der Waals surface area contributed by atoms with Crippen molar-refractivity contribution >= 4 is 11.8 Å². The summed E-state index contributed by atoms with van der Waals surface area (Å²) < 4.78 is 11.3. The summed E-state index contributed by atoms with van der Waals surface area (Å²) in [5.41, 5.74) is 6.75. The van der Waals surface area contributed by atoms with Gasteiger partial charge in [0.1, 0.15) is 0 Å². The molecule has 1 heterocycles. The highest BCUT2D eigenvalue weighted by atomic mass is 32.2. The molecule has 104 valence electrons. The van der Waals surface area contributed by atoms with E-state index in [1.165, 1.54) is 4.90 Å². The fraction of sp³-hybridized carbons (Fsp3) is 0.250. The van der Waals surface area contributed by atoms with Gasteiger partial charge in [0.25, 0.3) is 0 Å². The molecule has 0 aliphatic carbocycles. The molecular formula is C16H17NO2S. The third-order valence-corrected chi connectivity index (χ3v) is 4.11. The van der Waals surface area contributed by atoms with Crippen LogP contribution in [0.15, 0.2) is 52.3 Å². The molecule has 0 radical (unpaired) electrons. The van der Waals surface area contributed by atoms with Crippen molar-refractivity contribution in [1.82, 2.24) is 0 Å². The molecule has 1 aliphatic heterocycles. The lowest BCUT2D eigenvalue weighted by Crippen LogP contribution is -1.97. The lowest BCUT2D eigenvalue weighted by Gasteiger charge is -2.09. The van der Waals surface area contributed by atoms with Crippen LogP contribution < -0.4 is 15.2 Å². The summed E-state index contributed by atoms with van der Waals surface area (Å²) in [6.45, 7) is 2.02. The first kappa shape index (κ1) is 13.3. The van der Waals surface area contributed by atoms with Crippen molar-refractivity contribution < 1.29 is 9.47 Å². The second-order valence-electron chi connectivity index (χ2n) is 4.61. The minimum absolute atomic E-state index is 0.578. The Bertz CT molecular complexity index is 584. The van der Waals surface area contributed by atoms with Gasteiger partial charge in [0, 0.05) is 22.8 Å². The maximum Gasteiger partial charge on any atom is 0.162 e. The van der Waals surface area contributed by atoms with Gasteiger partial charge in [0.2, 0.25) is 0 Å². The Morgan fingerprint density at radius 2 is 1.60 bits per heavy atom. The van der Waals surface area contributed by atoms with Crippen LogP contribution in [0.2, 0.25) is 0 Å². The Morgan fingerprint density at radius 3 is 2.35 bits per heavy atom. The van der Waals surface area contributed by atoms with Crippen LogP contribution in [0, 0.1) is 0 Å². The molecular weight excluding hydrogens is 270 g/mol. The number of benzene rings is 2. The quantitative estimate of drug-likeness (QED) is 0.939. The lowest BCUT2D eigenvalue weighted by molar-refractivity contribution is 0.297. The fourth-order valence-corrected chi connectivity index (χ4v) is 2.88. The average Bonchev–Trinajstić information content (AvgIpc) is 2.73. The van der Waals surface area contributed by atoms with Gasteiger partial charge in [0.05, 0.1) is 13.2 Å².